The third kappa shape index (κ3) is 2.68. The average molecular weight is 220 g/mol. The predicted octanol–water partition coefficient (Wildman–Crippen LogP) is 1.54. The number of benzene rings is 1. The van der Waals surface area contributed by atoms with E-state index in [2.05, 4.69) is 0 Å². The van der Waals surface area contributed by atoms with Crippen LogP contribution < -0.4 is 0 Å². The summed E-state index contributed by atoms with van der Waals surface area (Å²) in [4.78, 5) is 11.1. The molecule has 0 spiro atoms. The molecule has 16 heavy (non-hydrogen) atoms. The maximum atomic E-state index is 11.1. The van der Waals surface area contributed by atoms with Crippen LogP contribution in [-0.4, -0.2) is 23.6 Å². The molecule has 3 nitrogen and oxygen atoms in total. The zero-order chi connectivity index (χ0) is 11.4. The van der Waals surface area contributed by atoms with E-state index in [0.29, 0.717) is 13.0 Å². The van der Waals surface area contributed by atoms with Crippen LogP contribution in [0, 0.1) is 5.92 Å². The van der Waals surface area contributed by atoms with Gasteiger partial charge in [0.1, 0.15) is 5.78 Å². The van der Waals surface area contributed by atoms with E-state index in [1.54, 1.807) is 0 Å². The first-order valence-corrected chi connectivity index (χ1v) is 5.60. The molecule has 1 fully saturated rings. The Morgan fingerprint density at radius 3 is 2.69 bits per heavy atom. The summed E-state index contributed by atoms with van der Waals surface area (Å²) in [5, 5.41) is 9.67. The minimum Gasteiger partial charge on any atom is -0.390 e. The van der Waals surface area contributed by atoms with Crippen molar-refractivity contribution in [1.29, 1.82) is 0 Å². The number of carbonyl (C=O) groups is 1. The molecule has 2 atom stereocenters. The van der Waals surface area contributed by atoms with Crippen molar-refractivity contribution in [2.45, 2.75) is 25.6 Å². The van der Waals surface area contributed by atoms with E-state index in [-0.39, 0.29) is 18.3 Å². The van der Waals surface area contributed by atoms with Crippen molar-refractivity contribution in [1.82, 2.24) is 0 Å². The highest BCUT2D eigenvalue weighted by molar-refractivity contribution is 5.86. The van der Waals surface area contributed by atoms with Gasteiger partial charge < -0.3 is 9.84 Å². The summed E-state index contributed by atoms with van der Waals surface area (Å²) in [7, 11) is 0. The zero-order valence-corrected chi connectivity index (χ0v) is 9.13. The van der Waals surface area contributed by atoms with E-state index in [1.807, 2.05) is 30.3 Å². The third-order valence-corrected chi connectivity index (χ3v) is 2.98. The van der Waals surface area contributed by atoms with Gasteiger partial charge >= 0.3 is 0 Å². The average Bonchev–Trinajstić information content (AvgIpc) is 2.28. The molecular formula is C13H16O3. The van der Waals surface area contributed by atoms with Crippen molar-refractivity contribution in [3.63, 3.8) is 0 Å². The second-order valence-corrected chi connectivity index (χ2v) is 4.18. The molecule has 0 bridgehead atoms. The van der Waals surface area contributed by atoms with Crippen LogP contribution in [0.2, 0.25) is 0 Å². The molecule has 1 aliphatic carbocycles. The van der Waals surface area contributed by atoms with Crippen LogP contribution in [-0.2, 0) is 16.1 Å². The fourth-order valence-corrected chi connectivity index (χ4v) is 1.82. The minimum atomic E-state index is -0.634. The standard InChI is InChI=1S/C13H16O3/c14-12-7-6-11(12)13(15)9-16-8-10-4-2-1-3-5-10/h1-5,11,13,15H,6-9H2/t11-,13+/m0/s1. The molecule has 0 saturated heterocycles. The summed E-state index contributed by atoms with van der Waals surface area (Å²) in [5.41, 5.74) is 1.08. The summed E-state index contributed by atoms with van der Waals surface area (Å²) in [6.45, 7) is 0.726. The van der Waals surface area contributed by atoms with Gasteiger partial charge in [-0.25, -0.2) is 0 Å². The van der Waals surface area contributed by atoms with E-state index in [1.165, 1.54) is 0 Å². The van der Waals surface area contributed by atoms with E-state index in [0.717, 1.165) is 12.0 Å². The quantitative estimate of drug-likeness (QED) is 0.818. The Kier molecular flexibility index (Phi) is 3.70. The number of ether oxygens (including phenoxy) is 1. The Bertz CT molecular complexity index is 347. The Morgan fingerprint density at radius 2 is 2.12 bits per heavy atom. The van der Waals surface area contributed by atoms with Crippen molar-refractivity contribution < 1.29 is 14.6 Å². The first-order chi connectivity index (χ1) is 7.77. The molecule has 3 heteroatoms. The lowest BCUT2D eigenvalue weighted by molar-refractivity contribution is -0.136. The van der Waals surface area contributed by atoms with E-state index < -0.39 is 6.10 Å². The second-order valence-electron chi connectivity index (χ2n) is 4.18. The van der Waals surface area contributed by atoms with Gasteiger partial charge in [-0.2, -0.15) is 0 Å². The van der Waals surface area contributed by atoms with Crippen LogP contribution in [0.4, 0.5) is 0 Å². The van der Waals surface area contributed by atoms with E-state index in [4.69, 9.17) is 4.74 Å². The Hall–Kier alpha value is -1.19. The van der Waals surface area contributed by atoms with E-state index >= 15 is 0 Å². The van der Waals surface area contributed by atoms with Gasteiger partial charge in [-0.1, -0.05) is 30.3 Å². The fraction of sp³-hybridized carbons (Fsp3) is 0.462. The van der Waals surface area contributed by atoms with Crippen molar-refractivity contribution in [2.75, 3.05) is 6.61 Å². The van der Waals surface area contributed by atoms with Gasteiger partial charge in [0, 0.05) is 12.3 Å². The van der Waals surface area contributed by atoms with Crippen molar-refractivity contribution >= 4 is 5.78 Å². The molecular weight excluding hydrogens is 204 g/mol. The smallest absolute Gasteiger partial charge is 0.138 e. The summed E-state index contributed by atoms with van der Waals surface area (Å²) >= 11 is 0. The van der Waals surface area contributed by atoms with Gasteiger partial charge in [-0.05, 0) is 12.0 Å². The highest BCUT2D eigenvalue weighted by Gasteiger charge is 2.34. The largest absolute Gasteiger partial charge is 0.390 e. The molecule has 2 rings (SSSR count). The number of rotatable bonds is 5. The Morgan fingerprint density at radius 1 is 1.38 bits per heavy atom. The second kappa shape index (κ2) is 5.23. The summed E-state index contributed by atoms with van der Waals surface area (Å²) in [6, 6.07) is 9.79. The van der Waals surface area contributed by atoms with Crippen LogP contribution in [0.5, 0.6) is 0 Å². The predicted molar refractivity (Wildman–Crippen MR) is 59.8 cm³/mol. The molecule has 1 saturated carbocycles. The number of aliphatic hydroxyl groups is 1. The number of ketones is 1. The molecule has 1 aliphatic rings. The number of Topliss-reactive ketones (excluding diaryl/α,β-unsaturated/α-hetero) is 1. The van der Waals surface area contributed by atoms with Crippen molar-refractivity contribution in [2.24, 2.45) is 5.92 Å². The molecule has 0 aromatic heterocycles. The van der Waals surface area contributed by atoms with Gasteiger partial charge in [0.2, 0.25) is 0 Å². The number of hydrogen-bond donors (Lipinski definition) is 1. The molecule has 86 valence electrons. The Balaban J connectivity index is 1.70. The van der Waals surface area contributed by atoms with Gasteiger partial charge in [0.25, 0.3) is 0 Å². The van der Waals surface area contributed by atoms with Gasteiger partial charge in [0.15, 0.2) is 0 Å². The van der Waals surface area contributed by atoms with Crippen LogP contribution in [0.25, 0.3) is 0 Å². The van der Waals surface area contributed by atoms with Crippen LogP contribution in [0.15, 0.2) is 30.3 Å². The first kappa shape index (κ1) is 11.3. The monoisotopic (exact) mass is 220 g/mol. The molecule has 1 aromatic rings. The number of carbonyl (C=O) groups excluding carboxylic acids is 1. The number of hydrogen-bond acceptors (Lipinski definition) is 3. The minimum absolute atomic E-state index is 0.163. The molecule has 1 aromatic carbocycles. The first-order valence-electron chi connectivity index (χ1n) is 5.60. The summed E-state index contributed by atoms with van der Waals surface area (Å²) < 4.78 is 5.38. The number of aliphatic hydroxyl groups excluding tert-OH is 1. The van der Waals surface area contributed by atoms with Gasteiger partial charge in [-0.15, -0.1) is 0 Å². The van der Waals surface area contributed by atoms with Gasteiger partial charge in [0.05, 0.1) is 19.3 Å². The Labute approximate surface area is 95.0 Å². The lowest BCUT2D eigenvalue weighted by Crippen LogP contribution is -2.38. The molecule has 0 aliphatic heterocycles. The van der Waals surface area contributed by atoms with Crippen molar-refractivity contribution in [3.05, 3.63) is 35.9 Å². The summed E-state index contributed by atoms with van der Waals surface area (Å²) in [5.74, 6) is -0.0217. The molecule has 0 radical (unpaired) electrons. The van der Waals surface area contributed by atoms with Crippen molar-refractivity contribution in [3.8, 4) is 0 Å². The normalized spacial score (nSPS) is 21.6. The maximum absolute atomic E-state index is 11.1. The van der Waals surface area contributed by atoms with E-state index in [9.17, 15) is 9.90 Å². The van der Waals surface area contributed by atoms with Crippen LogP contribution >= 0.6 is 0 Å². The van der Waals surface area contributed by atoms with Crippen LogP contribution in [0.3, 0.4) is 0 Å². The lowest BCUT2D eigenvalue weighted by Gasteiger charge is -2.28. The maximum Gasteiger partial charge on any atom is 0.138 e. The molecule has 0 heterocycles. The topological polar surface area (TPSA) is 46.5 Å². The SMILES string of the molecule is O=C1CC[C@@H]1[C@H](O)COCc1ccccc1. The highest BCUT2D eigenvalue weighted by Crippen LogP contribution is 2.25. The third-order valence-electron chi connectivity index (χ3n) is 2.98. The summed E-state index contributed by atoms with van der Waals surface area (Å²) in [6.07, 6.45) is 0.778. The lowest BCUT2D eigenvalue weighted by atomic mass is 9.80. The zero-order valence-electron chi connectivity index (χ0n) is 9.13. The highest BCUT2D eigenvalue weighted by atomic mass is 16.5. The molecule has 0 amide bonds. The van der Waals surface area contributed by atoms with Crippen LogP contribution in [0.1, 0.15) is 18.4 Å². The fourth-order valence-electron chi connectivity index (χ4n) is 1.82. The molecule has 1 N–H and O–H groups in total. The molecule has 0 unspecified atom stereocenters. The van der Waals surface area contributed by atoms with Gasteiger partial charge in [-0.3, -0.25) is 4.79 Å².